The number of aromatic carboxylic acids is 1. The number of carboxylic acid groups (broad SMARTS) is 1. The molecule has 0 spiro atoms. The van der Waals surface area contributed by atoms with Crippen molar-refractivity contribution in [3.05, 3.63) is 17.5 Å². The van der Waals surface area contributed by atoms with Crippen LogP contribution in [0.15, 0.2) is 6.07 Å². The molecule has 1 rings (SSSR count). The SMILES string of the molecule is CCCC(C)c1cc(C(=O)O)n(C)n1. The van der Waals surface area contributed by atoms with Crippen LogP contribution in [0.25, 0.3) is 0 Å². The van der Waals surface area contributed by atoms with Gasteiger partial charge in [0.05, 0.1) is 5.69 Å². The van der Waals surface area contributed by atoms with Crippen molar-refractivity contribution >= 4 is 5.97 Å². The first-order valence-corrected chi connectivity index (χ1v) is 4.83. The van der Waals surface area contributed by atoms with Crippen molar-refractivity contribution in [2.75, 3.05) is 0 Å². The van der Waals surface area contributed by atoms with Gasteiger partial charge in [-0.15, -0.1) is 0 Å². The van der Waals surface area contributed by atoms with Crippen LogP contribution in [0, 0.1) is 0 Å². The van der Waals surface area contributed by atoms with E-state index in [0.717, 1.165) is 18.5 Å². The molecule has 0 aliphatic carbocycles. The zero-order valence-corrected chi connectivity index (χ0v) is 8.82. The molecule has 78 valence electrons. The molecular formula is C10H16N2O2. The van der Waals surface area contributed by atoms with Crippen LogP contribution in [0.1, 0.15) is 48.8 Å². The number of nitrogens with zero attached hydrogens (tertiary/aromatic N) is 2. The van der Waals surface area contributed by atoms with E-state index < -0.39 is 5.97 Å². The largest absolute Gasteiger partial charge is 0.477 e. The van der Waals surface area contributed by atoms with Gasteiger partial charge in [-0.05, 0) is 12.5 Å². The third-order valence-electron chi connectivity index (χ3n) is 2.34. The first-order valence-electron chi connectivity index (χ1n) is 4.83. The molecule has 4 nitrogen and oxygen atoms in total. The second-order valence-electron chi connectivity index (χ2n) is 3.57. The zero-order valence-electron chi connectivity index (χ0n) is 8.82. The molecule has 0 aromatic carbocycles. The van der Waals surface area contributed by atoms with E-state index in [-0.39, 0.29) is 5.69 Å². The molecule has 0 amide bonds. The van der Waals surface area contributed by atoms with Gasteiger partial charge in [0, 0.05) is 13.0 Å². The maximum absolute atomic E-state index is 10.8. The minimum Gasteiger partial charge on any atom is -0.477 e. The standard InChI is InChI=1S/C10H16N2O2/c1-4-5-7(2)8-6-9(10(13)14)12(3)11-8/h6-7H,4-5H2,1-3H3,(H,13,14). The smallest absolute Gasteiger partial charge is 0.354 e. The maximum atomic E-state index is 10.8. The van der Waals surface area contributed by atoms with Crippen LogP contribution in [-0.4, -0.2) is 20.9 Å². The van der Waals surface area contributed by atoms with Crippen molar-refractivity contribution in [2.24, 2.45) is 7.05 Å². The van der Waals surface area contributed by atoms with Crippen LogP contribution in [-0.2, 0) is 7.05 Å². The number of carbonyl (C=O) groups is 1. The number of aromatic nitrogens is 2. The Morgan fingerprint density at radius 1 is 1.71 bits per heavy atom. The lowest BCUT2D eigenvalue weighted by atomic mass is 10.0. The van der Waals surface area contributed by atoms with Gasteiger partial charge in [-0.25, -0.2) is 4.79 Å². The van der Waals surface area contributed by atoms with Crippen LogP contribution < -0.4 is 0 Å². The van der Waals surface area contributed by atoms with Gasteiger partial charge in [0.25, 0.3) is 0 Å². The lowest BCUT2D eigenvalue weighted by molar-refractivity contribution is 0.0685. The summed E-state index contributed by atoms with van der Waals surface area (Å²) in [6, 6.07) is 1.66. The van der Waals surface area contributed by atoms with Crippen molar-refractivity contribution in [3.63, 3.8) is 0 Å². The fourth-order valence-electron chi connectivity index (χ4n) is 1.51. The molecule has 0 bridgehead atoms. The lowest BCUT2D eigenvalue weighted by Crippen LogP contribution is -2.04. The molecular weight excluding hydrogens is 180 g/mol. The fraction of sp³-hybridized carbons (Fsp3) is 0.600. The number of hydrogen-bond donors (Lipinski definition) is 1. The Morgan fingerprint density at radius 2 is 2.36 bits per heavy atom. The van der Waals surface area contributed by atoms with Crippen molar-refractivity contribution in [1.82, 2.24) is 9.78 Å². The van der Waals surface area contributed by atoms with E-state index in [1.807, 2.05) is 0 Å². The highest BCUT2D eigenvalue weighted by molar-refractivity contribution is 5.85. The van der Waals surface area contributed by atoms with E-state index >= 15 is 0 Å². The summed E-state index contributed by atoms with van der Waals surface area (Å²) in [5.41, 5.74) is 1.12. The van der Waals surface area contributed by atoms with Crippen LogP contribution in [0.2, 0.25) is 0 Å². The summed E-state index contributed by atoms with van der Waals surface area (Å²) in [6.07, 6.45) is 2.12. The van der Waals surface area contributed by atoms with Gasteiger partial charge in [0.1, 0.15) is 5.69 Å². The van der Waals surface area contributed by atoms with E-state index in [9.17, 15) is 4.79 Å². The molecule has 14 heavy (non-hydrogen) atoms. The molecule has 1 unspecified atom stereocenters. The summed E-state index contributed by atoms with van der Waals surface area (Å²) in [7, 11) is 1.66. The predicted octanol–water partition coefficient (Wildman–Crippen LogP) is 2.02. The Hall–Kier alpha value is -1.32. The van der Waals surface area contributed by atoms with Gasteiger partial charge >= 0.3 is 5.97 Å². The quantitative estimate of drug-likeness (QED) is 0.801. The summed E-state index contributed by atoms with van der Waals surface area (Å²) in [5.74, 6) is -0.589. The van der Waals surface area contributed by atoms with Crippen LogP contribution >= 0.6 is 0 Å². The fourth-order valence-corrected chi connectivity index (χ4v) is 1.51. The summed E-state index contributed by atoms with van der Waals surface area (Å²) >= 11 is 0. The molecule has 0 aliphatic heterocycles. The third kappa shape index (κ3) is 2.13. The highest BCUT2D eigenvalue weighted by atomic mass is 16.4. The Labute approximate surface area is 83.5 Å². The molecule has 0 saturated heterocycles. The van der Waals surface area contributed by atoms with E-state index in [1.54, 1.807) is 13.1 Å². The summed E-state index contributed by atoms with van der Waals surface area (Å²) in [4.78, 5) is 10.8. The second-order valence-corrected chi connectivity index (χ2v) is 3.57. The summed E-state index contributed by atoms with van der Waals surface area (Å²) in [6.45, 7) is 4.18. The van der Waals surface area contributed by atoms with Crippen LogP contribution in [0.5, 0.6) is 0 Å². The van der Waals surface area contributed by atoms with Gasteiger partial charge < -0.3 is 5.11 Å². The molecule has 1 atom stereocenters. The van der Waals surface area contributed by atoms with Gasteiger partial charge in [-0.3, -0.25) is 4.68 Å². The van der Waals surface area contributed by atoms with Crippen molar-refractivity contribution < 1.29 is 9.90 Å². The predicted molar refractivity (Wildman–Crippen MR) is 53.5 cm³/mol. The second kappa shape index (κ2) is 4.26. The minimum absolute atomic E-state index is 0.253. The average molecular weight is 196 g/mol. The Bertz CT molecular complexity index is 331. The lowest BCUT2D eigenvalue weighted by Gasteiger charge is -2.04. The molecule has 4 heteroatoms. The van der Waals surface area contributed by atoms with E-state index in [4.69, 9.17) is 5.11 Å². The zero-order chi connectivity index (χ0) is 10.7. The Balaban J connectivity index is 2.90. The van der Waals surface area contributed by atoms with Gasteiger partial charge in [0.2, 0.25) is 0 Å². The molecule has 0 fully saturated rings. The monoisotopic (exact) mass is 196 g/mol. The molecule has 1 N–H and O–H groups in total. The molecule has 1 heterocycles. The number of hydrogen-bond acceptors (Lipinski definition) is 2. The molecule has 0 radical (unpaired) electrons. The van der Waals surface area contributed by atoms with Gasteiger partial charge in [-0.2, -0.15) is 5.10 Å². The van der Waals surface area contributed by atoms with Crippen molar-refractivity contribution in [1.29, 1.82) is 0 Å². The molecule has 1 aromatic heterocycles. The van der Waals surface area contributed by atoms with E-state index in [0.29, 0.717) is 5.92 Å². The first-order chi connectivity index (χ1) is 6.56. The molecule has 0 aliphatic rings. The van der Waals surface area contributed by atoms with Crippen molar-refractivity contribution in [2.45, 2.75) is 32.6 Å². The Kier molecular flexibility index (Phi) is 3.28. The highest BCUT2D eigenvalue weighted by Gasteiger charge is 2.15. The normalized spacial score (nSPS) is 12.8. The summed E-state index contributed by atoms with van der Waals surface area (Å²) in [5, 5.41) is 13.0. The number of aryl methyl sites for hydroxylation is 1. The van der Waals surface area contributed by atoms with Crippen LogP contribution in [0.3, 0.4) is 0 Å². The maximum Gasteiger partial charge on any atom is 0.354 e. The molecule has 0 saturated carbocycles. The highest BCUT2D eigenvalue weighted by Crippen LogP contribution is 2.19. The van der Waals surface area contributed by atoms with E-state index in [1.165, 1.54) is 4.68 Å². The molecule has 1 aromatic rings. The number of rotatable bonds is 4. The van der Waals surface area contributed by atoms with Gasteiger partial charge in [0.15, 0.2) is 0 Å². The van der Waals surface area contributed by atoms with Gasteiger partial charge in [-0.1, -0.05) is 20.3 Å². The Morgan fingerprint density at radius 3 is 2.79 bits per heavy atom. The van der Waals surface area contributed by atoms with Crippen LogP contribution in [0.4, 0.5) is 0 Å². The summed E-state index contributed by atoms with van der Waals surface area (Å²) < 4.78 is 1.42. The average Bonchev–Trinajstić information content (AvgIpc) is 2.48. The van der Waals surface area contributed by atoms with E-state index in [2.05, 4.69) is 18.9 Å². The number of carboxylic acids is 1. The third-order valence-corrected chi connectivity index (χ3v) is 2.34. The van der Waals surface area contributed by atoms with Crippen molar-refractivity contribution in [3.8, 4) is 0 Å². The minimum atomic E-state index is -0.921. The topological polar surface area (TPSA) is 55.1 Å². The first kappa shape index (κ1) is 10.8.